The lowest BCUT2D eigenvalue weighted by atomic mass is 9.83. The number of amides is 2. The fraction of sp³-hybridized carbons (Fsp3) is 0.909. The molecule has 2 unspecified atom stereocenters. The van der Waals surface area contributed by atoms with Crippen LogP contribution in [0.15, 0.2) is 0 Å². The number of ether oxygens (including phenoxy) is 2. The zero-order valence-corrected chi connectivity index (χ0v) is 45.8. The second-order valence-electron chi connectivity index (χ2n) is 23.8. The molecule has 0 heterocycles. The van der Waals surface area contributed by atoms with Gasteiger partial charge < -0.3 is 30.9 Å². The Bertz CT molecular complexity index is 1360. The highest BCUT2D eigenvalue weighted by Gasteiger charge is 2.30. The summed E-state index contributed by atoms with van der Waals surface area (Å²) in [5.74, 6) is 3.46. The first-order chi connectivity index (χ1) is 30.8. The highest BCUT2D eigenvalue weighted by atomic mass is 35.5. The minimum absolute atomic E-state index is 0. The summed E-state index contributed by atoms with van der Waals surface area (Å²) in [7, 11) is 0. The maximum atomic E-state index is 13.0. The molecule has 394 valence electrons. The third-order valence-electron chi connectivity index (χ3n) is 13.4. The Kier molecular flexibility index (Phi) is 33.6. The van der Waals surface area contributed by atoms with Gasteiger partial charge in [-0.3, -0.25) is 9.59 Å². The third-order valence-corrected chi connectivity index (χ3v) is 13.4. The summed E-state index contributed by atoms with van der Waals surface area (Å²) in [5.41, 5.74) is 4.96. The summed E-state index contributed by atoms with van der Waals surface area (Å²) < 4.78 is 10.5. The quantitative estimate of drug-likeness (QED) is 0.0777. The average molecular weight is 971 g/mol. The van der Waals surface area contributed by atoms with Crippen molar-refractivity contribution in [3.05, 3.63) is 0 Å². The minimum atomic E-state index is -0.989. The fourth-order valence-electron chi connectivity index (χ4n) is 9.75. The lowest BCUT2D eigenvalue weighted by Gasteiger charge is -2.28. The molecule has 3 saturated carbocycles. The highest BCUT2D eigenvalue weighted by molar-refractivity contribution is 5.87. The van der Waals surface area contributed by atoms with Gasteiger partial charge >= 0.3 is 18.2 Å². The molecule has 67 heavy (non-hydrogen) atoms. The van der Waals surface area contributed by atoms with Gasteiger partial charge in [-0.15, -0.1) is 12.4 Å². The normalized spacial score (nSPS) is 18.6. The van der Waals surface area contributed by atoms with E-state index in [9.17, 15) is 29.1 Å². The van der Waals surface area contributed by atoms with Gasteiger partial charge in [0.25, 0.3) is 0 Å². The van der Waals surface area contributed by atoms with E-state index in [1.807, 2.05) is 20.8 Å². The smallest absolute Gasteiger partial charge is 0.408 e. The molecule has 0 aromatic carbocycles. The predicted molar refractivity (Wildman–Crippen MR) is 278 cm³/mol. The Balaban J connectivity index is 0.000000988. The van der Waals surface area contributed by atoms with E-state index in [0.717, 1.165) is 50.9 Å². The van der Waals surface area contributed by atoms with E-state index in [4.69, 9.17) is 15.2 Å². The van der Waals surface area contributed by atoms with Crippen molar-refractivity contribution in [1.29, 1.82) is 0 Å². The number of halogens is 1. The van der Waals surface area contributed by atoms with Gasteiger partial charge in [0.05, 0.1) is 12.1 Å². The summed E-state index contributed by atoms with van der Waals surface area (Å²) >= 11 is 0. The number of carbonyl (C=O) groups excluding carboxylic acids is 4. The van der Waals surface area contributed by atoms with Crippen molar-refractivity contribution >= 4 is 42.1 Å². The molecule has 0 aliphatic heterocycles. The topological polar surface area (TPSA) is 174 Å². The third kappa shape index (κ3) is 34.5. The summed E-state index contributed by atoms with van der Waals surface area (Å²) in [6.07, 6.45) is 27.8. The summed E-state index contributed by atoms with van der Waals surface area (Å²) in [6, 6.07) is -1.46. The fourth-order valence-corrected chi connectivity index (χ4v) is 9.75. The molecule has 3 fully saturated rings. The van der Waals surface area contributed by atoms with Crippen molar-refractivity contribution in [3.63, 3.8) is 0 Å². The van der Waals surface area contributed by atoms with Crippen molar-refractivity contribution in [2.75, 3.05) is 0 Å². The Morgan fingerprint density at radius 3 is 1.19 bits per heavy atom. The zero-order valence-electron chi connectivity index (χ0n) is 44.9. The van der Waals surface area contributed by atoms with Crippen molar-refractivity contribution in [2.45, 2.75) is 279 Å². The molecule has 3 aliphatic rings. The first-order valence-electron chi connectivity index (χ1n) is 26.9. The Hall–Kier alpha value is -2.40. The number of carboxylic acids is 1. The van der Waals surface area contributed by atoms with Gasteiger partial charge in [0, 0.05) is 12.8 Å². The van der Waals surface area contributed by atoms with Crippen LogP contribution in [0, 0.1) is 41.4 Å². The number of hydrogen-bond donors (Lipinski definition) is 4. The van der Waals surface area contributed by atoms with Crippen LogP contribution in [0.1, 0.15) is 250 Å². The van der Waals surface area contributed by atoms with Gasteiger partial charge in [-0.05, 0) is 102 Å². The van der Waals surface area contributed by atoms with Crippen LogP contribution in [0.2, 0.25) is 0 Å². The molecule has 12 heteroatoms. The van der Waals surface area contributed by atoms with Crippen molar-refractivity contribution in [2.24, 2.45) is 47.2 Å². The van der Waals surface area contributed by atoms with Crippen LogP contribution in [-0.2, 0) is 23.9 Å². The van der Waals surface area contributed by atoms with E-state index in [1.165, 1.54) is 103 Å². The monoisotopic (exact) mass is 970 g/mol. The molecular weight excluding hydrogens is 866 g/mol. The van der Waals surface area contributed by atoms with Crippen molar-refractivity contribution in [3.8, 4) is 0 Å². The second-order valence-corrected chi connectivity index (χ2v) is 23.8. The number of aliphatic carboxylic acids is 1. The molecule has 3 aliphatic carbocycles. The number of hydrogen-bond acceptors (Lipinski definition) is 8. The molecule has 11 nitrogen and oxygen atoms in total. The van der Waals surface area contributed by atoms with E-state index >= 15 is 0 Å². The number of carboxylic acid groups (broad SMARTS) is 1. The van der Waals surface area contributed by atoms with Crippen molar-refractivity contribution < 1.29 is 38.6 Å². The largest absolute Gasteiger partial charge is 0.480 e. The standard InChI is InChI=1S/C23H43NO3.C18H35NO.C14H25NO4.ClH/c1-17(2)11-10-12-18(3)15-21(25)20(16-19-13-8-7-9-14-19)24-22(26)27-23(4,5)6;1-14(2)8-7-9-15(3)12-18(20)17(19)13-16-10-5-4-6-11-16;1-14(2,3)19-13(18)15-11(12(16)17)9-10-7-5-4-6-8-10;/h17-20H,7-16H2,1-6H3,(H,24,26);14-17H,4-13,19H2,1-3H3;10-11H,4-9H2,1-3H3,(H,15,18)(H,16,17);1H/t18?,20-;15?,17-;11-;/m111./s1. The Labute approximate surface area is 416 Å². The number of rotatable bonds is 23. The van der Waals surface area contributed by atoms with Gasteiger partial charge in [0.15, 0.2) is 5.78 Å². The first kappa shape index (κ1) is 64.6. The van der Waals surface area contributed by atoms with E-state index in [1.54, 1.807) is 20.8 Å². The summed E-state index contributed by atoms with van der Waals surface area (Å²) in [4.78, 5) is 60.2. The van der Waals surface area contributed by atoms with E-state index < -0.39 is 41.4 Å². The first-order valence-corrected chi connectivity index (χ1v) is 26.9. The zero-order chi connectivity index (χ0) is 49.9. The van der Waals surface area contributed by atoms with Gasteiger partial charge in [-0.2, -0.15) is 0 Å². The van der Waals surface area contributed by atoms with Crippen molar-refractivity contribution in [1.82, 2.24) is 10.6 Å². The molecular formula is C55H104ClN3O8. The molecule has 3 rings (SSSR count). The van der Waals surface area contributed by atoms with Gasteiger partial charge in [-0.1, -0.05) is 176 Å². The lowest BCUT2D eigenvalue weighted by Crippen LogP contribution is -2.45. The van der Waals surface area contributed by atoms with Crippen LogP contribution in [0.4, 0.5) is 9.59 Å². The Morgan fingerprint density at radius 1 is 0.522 bits per heavy atom. The van der Waals surface area contributed by atoms with Crippen LogP contribution in [0.25, 0.3) is 0 Å². The van der Waals surface area contributed by atoms with E-state index in [2.05, 4.69) is 52.2 Å². The summed E-state index contributed by atoms with van der Waals surface area (Å²) in [5, 5.41) is 14.5. The number of alkyl carbamates (subject to hydrolysis) is 2. The number of ketones is 2. The van der Waals surface area contributed by atoms with Gasteiger partial charge in [0.2, 0.25) is 0 Å². The number of nitrogens with one attached hydrogen (secondary N) is 2. The molecule has 5 atom stereocenters. The molecule has 0 aromatic heterocycles. The maximum Gasteiger partial charge on any atom is 0.408 e. The molecule has 0 bridgehead atoms. The van der Waals surface area contributed by atoms with Crippen LogP contribution in [0.3, 0.4) is 0 Å². The molecule has 2 amide bonds. The number of carbonyl (C=O) groups is 5. The molecule has 0 aromatic rings. The molecule has 0 radical (unpaired) electrons. The molecule has 0 saturated heterocycles. The molecule has 5 N–H and O–H groups in total. The Morgan fingerprint density at radius 2 is 0.851 bits per heavy atom. The lowest BCUT2D eigenvalue weighted by molar-refractivity contribution is -0.140. The van der Waals surface area contributed by atoms with Crippen LogP contribution < -0.4 is 16.4 Å². The SMILES string of the molecule is CC(C)(C)OC(=O)N[C@H](CC1CCCCC1)C(=O)O.CC(C)CCCC(C)CC(=O)[C@@H](CC1CCCCC1)NC(=O)OC(C)(C)C.CC(C)CCCC(C)CC(=O)[C@H](N)CC1CCCCC1.Cl. The van der Waals surface area contributed by atoms with E-state index in [0.29, 0.717) is 60.6 Å². The van der Waals surface area contributed by atoms with Crippen LogP contribution in [0.5, 0.6) is 0 Å². The van der Waals surface area contributed by atoms with Crippen LogP contribution in [-0.4, -0.2) is 64.2 Å². The minimum Gasteiger partial charge on any atom is -0.480 e. The highest BCUT2D eigenvalue weighted by Crippen LogP contribution is 2.30. The maximum absolute atomic E-state index is 13.0. The second kappa shape index (κ2) is 34.8. The van der Waals surface area contributed by atoms with E-state index in [-0.39, 0.29) is 24.2 Å². The molecule has 0 spiro atoms. The predicted octanol–water partition coefficient (Wildman–Crippen LogP) is 14.3. The van der Waals surface area contributed by atoms with Gasteiger partial charge in [0.1, 0.15) is 23.0 Å². The van der Waals surface area contributed by atoms with Gasteiger partial charge in [-0.25, -0.2) is 14.4 Å². The number of nitrogens with two attached hydrogens (primary N) is 1. The average Bonchev–Trinajstić information content (AvgIpc) is 3.20. The number of Topliss-reactive ketones (excluding diaryl/α,β-unsaturated/α-hetero) is 2. The van der Waals surface area contributed by atoms with Crippen LogP contribution >= 0.6 is 12.4 Å². The summed E-state index contributed by atoms with van der Waals surface area (Å²) in [6.45, 7) is 24.2.